The van der Waals surface area contributed by atoms with Gasteiger partial charge in [-0.25, -0.2) is 4.79 Å². The molecule has 19 heavy (non-hydrogen) atoms. The summed E-state index contributed by atoms with van der Waals surface area (Å²) in [5, 5.41) is 1.89. The van der Waals surface area contributed by atoms with E-state index in [0.717, 1.165) is 38.5 Å². The molecule has 2 N–H and O–H groups in total. The molecule has 0 bridgehead atoms. The molecule has 108 valence electrons. The highest BCUT2D eigenvalue weighted by Crippen LogP contribution is 2.33. The Kier molecular flexibility index (Phi) is 4.20. The highest BCUT2D eigenvalue weighted by Gasteiger charge is 2.45. The Balaban J connectivity index is 1.59. The first kappa shape index (κ1) is 13.5. The van der Waals surface area contributed by atoms with E-state index in [2.05, 4.69) is 0 Å². The van der Waals surface area contributed by atoms with E-state index < -0.39 is 0 Å². The summed E-state index contributed by atoms with van der Waals surface area (Å²) in [6, 6.07) is 0. The summed E-state index contributed by atoms with van der Waals surface area (Å²) in [6.45, 7) is 0. The van der Waals surface area contributed by atoms with Crippen LogP contribution in [0.15, 0.2) is 0 Å². The molecule has 1 amide bonds. The van der Waals surface area contributed by atoms with Crippen LogP contribution in [-0.4, -0.2) is 31.5 Å². The Morgan fingerprint density at radius 1 is 1.11 bits per heavy atom. The van der Waals surface area contributed by atoms with Crippen molar-refractivity contribution in [2.24, 2.45) is 11.8 Å². The van der Waals surface area contributed by atoms with Gasteiger partial charge in [0, 0.05) is 13.0 Å². The van der Waals surface area contributed by atoms with Gasteiger partial charge in [0.1, 0.15) is 5.92 Å². The molecule has 1 saturated heterocycles. The number of quaternary nitrogens is 1. The molecule has 0 aromatic carbocycles. The molecule has 1 aliphatic heterocycles. The summed E-state index contributed by atoms with van der Waals surface area (Å²) in [5.41, 5.74) is 0. The number of rotatable bonds is 2. The number of ether oxygens (including phenoxy) is 2. The number of carbonyl (C=O) groups is 1. The molecular formula is C15H26NO3+. The van der Waals surface area contributed by atoms with Gasteiger partial charge in [0.05, 0.1) is 12.2 Å². The van der Waals surface area contributed by atoms with Gasteiger partial charge in [-0.3, -0.25) is 5.32 Å². The van der Waals surface area contributed by atoms with Crippen LogP contribution in [0, 0.1) is 11.8 Å². The van der Waals surface area contributed by atoms with E-state index in [0.29, 0.717) is 17.9 Å². The van der Waals surface area contributed by atoms with Crippen LogP contribution >= 0.6 is 0 Å². The fourth-order valence-corrected chi connectivity index (χ4v) is 4.01. The first-order valence-corrected chi connectivity index (χ1v) is 7.85. The third-order valence-corrected chi connectivity index (χ3v) is 5.25. The summed E-state index contributed by atoms with van der Waals surface area (Å²) in [6.07, 6.45) is 9.69. The van der Waals surface area contributed by atoms with Gasteiger partial charge in [0.2, 0.25) is 0 Å². The van der Waals surface area contributed by atoms with Crippen LogP contribution < -0.4 is 5.32 Å². The molecule has 0 aromatic rings. The van der Waals surface area contributed by atoms with Gasteiger partial charge >= 0.3 is 5.91 Å². The van der Waals surface area contributed by atoms with Crippen molar-refractivity contribution in [1.82, 2.24) is 0 Å². The summed E-state index contributed by atoms with van der Waals surface area (Å²) >= 11 is 0. The average molecular weight is 268 g/mol. The van der Waals surface area contributed by atoms with Crippen molar-refractivity contribution in [1.29, 1.82) is 0 Å². The lowest BCUT2D eigenvalue weighted by molar-refractivity contribution is -0.679. The topological polar surface area (TPSA) is 52.1 Å². The number of primary amides is 1. The number of hydrogen-bond acceptors (Lipinski definition) is 3. The van der Waals surface area contributed by atoms with Crippen molar-refractivity contribution in [2.75, 3.05) is 7.11 Å². The SMILES string of the molecule is COC1CCC(C2[NH2+]C(=O)C3CCCCC3O2)CC1. The van der Waals surface area contributed by atoms with Crippen molar-refractivity contribution >= 4 is 5.91 Å². The van der Waals surface area contributed by atoms with E-state index in [1.54, 1.807) is 7.11 Å². The van der Waals surface area contributed by atoms with Crippen LogP contribution in [0.3, 0.4) is 0 Å². The molecule has 3 unspecified atom stereocenters. The summed E-state index contributed by atoms with van der Waals surface area (Å²) in [4.78, 5) is 12.2. The van der Waals surface area contributed by atoms with Crippen molar-refractivity contribution in [2.45, 2.75) is 69.8 Å². The van der Waals surface area contributed by atoms with Gasteiger partial charge in [0.25, 0.3) is 0 Å². The number of fused-ring (bicyclic) bond motifs is 1. The minimum absolute atomic E-state index is 0.0738. The second kappa shape index (κ2) is 5.90. The molecular weight excluding hydrogens is 242 g/mol. The molecule has 4 heteroatoms. The van der Waals surface area contributed by atoms with Crippen LogP contribution in [-0.2, 0) is 14.3 Å². The smallest absolute Gasteiger partial charge is 0.318 e. The van der Waals surface area contributed by atoms with E-state index in [4.69, 9.17) is 9.47 Å². The van der Waals surface area contributed by atoms with Crippen molar-refractivity contribution in [3.05, 3.63) is 0 Å². The van der Waals surface area contributed by atoms with Gasteiger partial charge in [-0.05, 0) is 38.5 Å². The largest absolute Gasteiger partial charge is 0.381 e. The molecule has 1 heterocycles. The zero-order valence-electron chi connectivity index (χ0n) is 11.8. The van der Waals surface area contributed by atoms with Gasteiger partial charge in [-0.1, -0.05) is 12.8 Å². The molecule has 3 atom stereocenters. The lowest BCUT2D eigenvalue weighted by Gasteiger charge is -2.40. The van der Waals surface area contributed by atoms with Gasteiger partial charge in [-0.15, -0.1) is 0 Å². The first-order chi connectivity index (χ1) is 9.28. The molecule has 3 rings (SSSR count). The fourth-order valence-electron chi connectivity index (χ4n) is 4.01. The highest BCUT2D eigenvalue weighted by atomic mass is 16.5. The van der Waals surface area contributed by atoms with Crippen LogP contribution in [0.2, 0.25) is 0 Å². The molecule has 0 aromatic heterocycles. The molecule has 0 spiro atoms. The highest BCUT2D eigenvalue weighted by molar-refractivity contribution is 5.70. The van der Waals surface area contributed by atoms with Gasteiger partial charge in [0.15, 0.2) is 6.23 Å². The van der Waals surface area contributed by atoms with Gasteiger partial charge in [-0.2, -0.15) is 0 Å². The molecule has 0 radical (unpaired) electrons. The van der Waals surface area contributed by atoms with Crippen LogP contribution in [0.1, 0.15) is 51.4 Å². The maximum Gasteiger partial charge on any atom is 0.318 e. The fraction of sp³-hybridized carbons (Fsp3) is 0.933. The minimum Gasteiger partial charge on any atom is -0.381 e. The second-order valence-electron chi connectivity index (χ2n) is 6.37. The Bertz CT molecular complexity index is 325. The summed E-state index contributed by atoms with van der Waals surface area (Å²) < 4.78 is 11.7. The van der Waals surface area contributed by atoms with Crippen molar-refractivity contribution in [3.63, 3.8) is 0 Å². The predicted molar refractivity (Wildman–Crippen MR) is 70.3 cm³/mol. The monoisotopic (exact) mass is 268 g/mol. The third kappa shape index (κ3) is 2.86. The van der Waals surface area contributed by atoms with Gasteiger partial charge < -0.3 is 9.47 Å². The van der Waals surface area contributed by atoms with E-state index in [1.165, 1.54) is 12.8 Å². The summed E-state index contributed by atoms with van der Waals surface area (Å²) in [5.74, 6) is 1.05. The normalized spacial score (nSPS) is 43.8. The average Bonchev–Trinajstić information content (AvgIpc) is 2.47. The first-order valence-electron chi connectivity index (χ1n) is 7.85. The minimum atomic E-state index is 0.0738. The zero-order chi connectivity index (χ0) is 13.2. The van der Waals surface area contributed by atoms with E-state index >= 15 is 0 Å². The molecule has 3 fully saturated rings. The molecule has 2 saturated carbocycles. The predicted octanol–water partition coefficient (Wildman–Crippen LogP) is 1.20. The lowest BCUT2D eigenvalue weighted by Crippen LogP contribution is -2.99. The number of methoxy groups -OCH3 is 1. The zero-order valence-corrected chi connectivity index (χ0v) is 11.8. The Morgan fingerprint density at radius 2 is 1.84 bits per heavy atom. The molecule has 3 aliphatic rings. The maximum atomic E-state index is 12.2. The van der Waals surface area contributed by atoms with Crippen LogP contribution in [0.4, 0.5) is 0 Å². The molecule has 4 nitrogen and oxygen atoms in total. The second-order valence-corrected chi connectivity index (χ2v) is 6.37. The van der Waals surface area contributed by atoms with Crippen LogP contribution in [0.25, 0.3) is 0 Å². The standard InChI is InChI=1S/C15H25NO3/c1-18-11-8-6-10(7-9-11)15-16-14(17)12-4-2-3-5-13(12)19-15/h10-13,15H,2-9H2,1H3,(H,16,17)/p+1. The Hall–Kier alpha value is -0.450. The number of nitrogens with two attached hydrogens (primary N) is 1. The van der Waals surface area contributed by atoms with Crippen LogP contribution in [0.5, 0.6) is 0 Å². The van der Waals surface area contributed by atoms with E-state index in [-0.39, 0.29) is 18.2 Å². The Labute approximate surface area is 115 Å². The van der Waals surface area contributed by atoms with Crippen molar-refractivity contribution in [3.8, 4) is 0 Å². The molecule has 2 aliphatic carbocycles. The lowest BCUT2D eigenvalue weighted by atomic mass is 9.82. The number of amides is 1. The Morgan fingerprint density at radius 3 is 2.58 bits per heavy atom. The quantitative estimate of drug-likeness (QED) is 0.818. The third-order valence-electron chi connectivity index (χ3n) is 5.25. The van der Waals surface area contributed by atoms with E-state index in [1.807, 2.05) is 5.32 Å². The number of hydrogen-bond donors (Lipinski definition) is 1. The summed E-state index contributed by atoms with van der Waals surface area (Å²) in [7, 11) is 1.80. The van der Waals surface area contributed by atoms with E-state index in [9.17, 15) is 4.79 Å². The van der Waals surface area contributed by atoms with Crippen molar-refractivity contribution < 1.29 is 19.6 Å². The maximum absolute atomic E-state index is 12.2. The number of carbonyl (C=O) groups excluding carboxylic acids is 1.